The van der Waals surface area contributed by atoms with Gasteiger partial charge in [0.25, 0.3) is 5.91 Å². The third kappa shape index (κ3) is 4.06. The van der Waals surface area contributed by atoms with Gasteiger partial charge in [-0.25, -0.2) is 0 Å². The smallest absolute Gasteiger partial charge is 0.286 e. The van der Waals surface area contributed by atoms with E-state index in [0.29, 0.717) is 33.1 Å². The minimum absolute atomic E-state index is 0.0977. The standard InChI is InChI=1S/C14H12Cl3NO3/c1-2-18-14(19)12-4-3-9(21-12)7-20-13-10(16)5-8(15)6-11(13)17/h3-6H,2,7H2,1H3,(H,18,19). The van der Waals surface area contributed by atoms with E-state index in [0.717, 1.165) is 0 Å². The van der Waals surface area contributed by atoms with Crippen molar-refractivity contribution in [1.82, 2.24) is 5.32 Å². The molecule has 2 rings (SSSR count). The molecule has 0 saturated carbocycles. The molecule has 0 unspecified atom stereocenters. The highest BCUT2D eigenvalue weighted by Gasteiger charge is 2.13. The first kappa shape index (κ1) is 16.0. The van der Waals surface area contributed by atoms with Crippen LogP contribution in [0.4, 0.5) is 0 Å². The maximum atomic E-state index is 11.6. The summed E-state index contributed by atoms with van der Waals surface area (Å²) < 4.78 is 10.9. The van der Waals surface area contributed by atoms with Gasteiger partial charge in [0.15, 0.2) is 11.5 Å². The summed E-state index contributed by atoms with van der Waals surface area (Å²) in [6, 6.07) is 6.30. The SMILES string of the molecule is CCNC(=O)c1ccc(COc2c(Cl)cc(Cl)cc2Cl)o1. The monoisotopic (exact) mass is 347 g/mol. The van der Waals surface area contributed by atoms with Crippen molar-refractivity contribution in [2.24, 2.45) is 0 Å². The number of benzene rings is 1. The lowest BCUT2D eigenvalue weighted by molar-refractivity contribution is 0.0924. The van der Waals surface area contributed by atoms with Gasteiger partial charge in [0.05, 0.1) is 10.0 Å². The van der Waals surface area contributed by atoms with Crippen molar-refractivity contribution in [1.29, 1.82) is 0 Å². The normalized spacial score (nSPS) is 10.5. The van der Waals surface area contributed by atoms with E-state index < -0.39 is 0 Å². The van der Waals surface area contributed by atoms with Crippen LogP contribution >= 0.6 is 34.8 Å². The lowest BCUT2D eigenvalue weighted by Gasteiger charge is -2.09. The Morgan fingerprint density at radius 1 is 1.24 bits per heavy atom. The molecule has 0 spiro atoms. The van der Waals surface area contributed by atoms with Crippen LogP contribution in [0.15, 0.2) is 28.7 Å². The van der Waals surface area contributed by atoms with Crippen molar-refractivity contribution >= 4 is 40.7 Å². The molecule has 4 nitrogen and oxygen atoms in total. The lowest BCUT2D eigenvalue weighted by atomic mass is 10.3. The van der Waals surface area contributed by atoms with E-state index in [1.165, 1.54) is 12.1 Å². The van der Waals surface area contributed by atoms with E-state index in [1.807, 2.05) is 6.92 Å². The minimum Gasteiger partial charge on any atom is -0.483 e. The van der Waals surface area contributed by atoms with Gasteiger partial charge in [-0.2, -0.15) is 0 Å². The maximum absolute atomic E-state index is 11.6. The van der Waals surface area contributed by atoms with Crippen LogP contribution in [0.3, 0.4) is 0 Å². The molecule has 0 radical (unpaired) electrons. The number of hydrogen-bond donors (Lipinski definition) is 1. The van der Waals surface area contributed by atoms with Crippen LogP contribution in [0.2, 0.25) is 15.1 Å². The fraction of sp³-hybridized carbons (Fsp3) is 0.214. The number of halogens is 3. The van der Waals surface area contributed by atoms with Crippen LogP contribution < -0.4 is 10.1 Å². The van der Waals surface area contributed by atoms with Crippen LogP contribution in [0, 0.1) is 0 Å². The predicted molar refractivity (Wildman–Crippen MR) is 82.5 cm³/mol. The Hall–Kier alpha value is -1.36. The second-order valence-electron chi connectivity index (χ2n) is 4.11. The van der Waals surface area contributed by atoms with Gasteiger partial charge in [-0.15, -0.1) is 0 Å². The average molecular weight is 349 g/mol. The summed E-state index contributed by atoms with van der Waals surface area (Å²) in [6.07, 6.45) is 0. The van der Waals surface area contributed by atoms with Crippen molar-refractivity contribution in [3.63, 3.8) is 0 Å². The second kappa shape index (κ2) is 7.07. The van der Waals surface area contributed by atoms with E-state index >= 15 is 0 Å². The van der Waals surface area contributed by atoms with E-state index in [9.17, 15) is 4.79 Å². The third-order valence-electron chi connectivity index (χ3n) is 2.54. The van der Waals surface area contributed by atoms with Crippen LogP contribution in [0.5, 0.6) is 5.75 Å². The minimum atomic E-state index is -0.272. The van der Waals surface area contributed by atoms with Crippen LogP contribution in [-0.4, -0.2) is 12.5 Å². The number of ether oxygens (including phenoxy) is 1. The van der Waals surface area contributed by atoms with Crippen molar-refractivity contribution in [3.8, 4) is 5.75 Å². The molecule has 1 aromatic heterocycles. The summed E-state index contributed by atoms with van der Waals surface area (Å²) in [6.45, 7) is 2.46. The second-order valence-corrected chi connectivity index (χ2v) is 5.36. The highest BCUT2D eigenvalue weighted by Crippen LogP contribution is 2.36. The maximum Gasteiger partial charge on any atom is 0.286 e. The molecule has 0 atom stereocenters. The zero-order valence-corrected chi connectivity index (χ0v) is 13.4. The van der Waals surface area contributed by atoms with E-state index in [-0.39, 0.29) is 18.3 Å². The van der Waals surface area contributed by atoms with Crippen molar-refractivity contribution in [2.75, 3.05) is 6.54 Å². The Balaban J connectivity index is 2.06. The molecular formula is C14H12Cl3NO3. The Kier molecular flexibility index (Phi) is 5.39. The van der Waals surface area contributed by atoms with Crippen molar-refractivity contribution in [2.45, 2.75) is 13.5 Å². The number of amides is 1. The molecule has 0 aliphatic rings. The summed E-state index contributed by atoms with van der Waals surface area (Å²) in [5.41, 5.74) is 0. The van der Waals surface area contributed by atoms with Gasteiger partial charge in [0, 0.05) is 11.6 Å². The zero-order chi connectivity index (χ0) is 15.4. The summed E-state index contributed by atoms with van der Waals surface area (Å²) >= 11 is 17.8. The number of carbonyl (C=O) groups is 1. The number of carbonyl (C=O) groups excluding carboxylic acids is 1. The number of nitrogens with one attached hydrogen (secondary N) is 1. The van der Waals surface area contributed by atoms with Gasteiger partial charge >= 0.3 is 0 Å². The molecule has 1 amide bonds. The van der Waals surface area contributed by atoms with Crippen LogP contribution in [0.1, 0.15) is 23.2 Å². The number of rotatable bonds is 5. The topological polar surface area (TPSA) is 51.5 Å². The first-order valence-electron chi connectivity index (χ1n) is 6.15. The first-order valence-corrected chi connectivity index (χ1v) is 7.29. The molecule has 7 heteroatoms. The Labute approximate surface area is 136 Å². The molecule has 2 aromatic rings. The fourth-order valence-corrected chi connectivity index (χ4v) is 2.56. The van der Waals surface area contributed by atoms with Gasteiger partial charge in [0.1, 0.15) is 12.4 Å². The number of hydrogen-bond acceptors (Lipinski definition) is 3. The quantitative estimate of drug-likeness (QED) is 0.861. The summed E-state index contributed by atoms with van der Waals surface area (Å²) in [4.78, 5) is 11.6. The van der Waals surface area contributed by atoms with Gasteiger partial charge in [-0.3, -0.25) is 4.79 Å². The molecule has 0 aliphatic carbocycles. The van der Waals surface area contributed by atoms with Crippen molar-refractivity contribution < 1.29 is 13.9 Å². The molecule has 0 aliphatic heterocycles. The summed E-state index contributed by atoms with van der Waals surface area (Å²) in [5.74, 6) is 0.757. The van der Waals surface area contributed by atoms with E-state index in [1.54, 1.807) is 12.1 Å². The molecular weight excluding hydrogens is 337 g/mol. The molecule has 1 aromatic carbocycles. The fourth-order valence-electron chi connectivity index (χ4n) is 1.64. The molecule has 0 bridgehead atoms. The van der Waals surface area contributed by atoms with Gasteiger partial charge < -0.3 is 14.5 Å². The molecule has 1 N–H and O–H groups in total. The largest absolute Gasteiger partial charge is 0.483 e. The molecule has 21 heavy (non-hydrogen) atoms. The molecule has 112 valence electrons. The Bertz CT molecular complexity index is 632. The number of furan rings is 1. The van der Waals surface area contributed by atoms with Crippen LogP contribution in [-0.2, 0) is 6.61 Å². The van der Waals surface area contributed by atoms with E-state index in [4.69, 9.17) is 44.0 Å². The molecule has 0 saturated heterocycles. The Morgan fingerprint density at radius 2 is 1.90 bits per heavy atom. The third-order valence-corrected chi connectivity index (χ3v) is 3.32. The Morgan fingerprint density at radius 3 is 2.52 bits per heavy atom. The molecule has 0 fully saturated rings. The summed E-state index contributed by atoms with van der Waals surface area (Å²) in [7, 11) is 0. The lowest BCUT2D eigenvalue weighted by Crippen LogP contribution is -2.21. The van der Waals surface area contributed by atoms with Gasteiger partial charge in [-0.05, 0) is 31.2 Å². The average Bonchev–Trinajstić information content (AvgIpc) is 2.86. The zero-order valence-electron chi connectivity index (χ0n) is 11.1. The van der Waals surface area contributed by atoms with Crippen molar-refractivity contribution in [3.05, 3.63) is 50.9 Å². The predicted octanol–water partition coefficient (Wildman–Crippen LogP) is 4.57. The van der Waals surface area contributed by atoms with Gasteiger partial charge in [-0.1, -0.05) is 34.8 Å². The van der Waals surface area contributed by atoms with Gasteiger partial charge in [0.2, 0.25) is 0 Å². The summed E-state index contributed by atoms with van der Waals surface area (Å²) in [5, 5.41) is 3.68. The highest BCUT2D eigenvalue weighted by atomic mass is 35.5. The first-order chi connectivity index (χ1) is 10.0. The van der Waals surface area contributed by atoms with E-state index in [2.05, 4.69) is 5.32 Å². The van der Waals surface area contributed by atoms with Crippen LogP contribution in [0.25, 0.3) is 0 Å². The highest BCUT2D eigenvalue weighted by molar-refractivity contribution is 6.40. The molecule has 1 heterocycles.